The third kappa shape index (κ3) is 0.845. The summed E-state index contributed by atoms with van der Waals surface area (Å²) in [5, 5.41) is 0. The summed E-state index contributed by atoms with van der Waals surface area (Å²) >= 11 is 0. The topological polar surface area (TPSA) is 4.41 Å². The average Bonchev–Trinajstić information content (AvgIpc) is 2.34. The lowest BCUT2D eigenvalue weighted by Crippen LogP contribution is -1.84. The average molecular weight is 145 g/mol. The van der Waals surface area contributed by atoms with Gasteiger partial charge in [0.15, 0.2) is 0 Å². The Hall–Kier alpha value is -1.24. The van der Waals surface area contributed by atoms with Crippen LogP contribution >= 0.6 is 0 Å². The molecule has 0 aromatic carbocycles. The zero-order valence-electron chi connectivity index (χ0n) is 6.83. The van der Waals surface area contributed by atoms with Gasteiger partial charge in [-0.2, -0.15) is 0 Å². The zero-order chi connectivity index (χ0) is 7.84. The largest absolute Gasteiger partial charge is 0.323 e. The molecule has 1 heteroatoms. The molecule has 2 heterocycles. The van der Waals surface area contributed by atoms with Gasteiger partial charge in [-0.25, -0.2) is 0 Å². The standard InChI is InChI=1S/C10H11N/c1-8-4-3-6-11-7-5-9(2)10(8)11/h3-7H,1-2H3. The second-order valence-electron chi connectivity index (χ2n) is 2.95. The van der Waals surface area contributed by atoms with E-state index >= 15 is 0 Å². The molecule has 2 aromatic heterocycles. The molecule has 0 N–H and O–H groups in total. The quantitative estimate of drug-likeness (QED) is 0.536. The lowest BCUT2D eigenvalue weighted by molar-refractivity contribution is 1.18. The first-order valence-corrected chi connectivity index (χ1v) is 3.82. The van der Waals surface area contributed by atoms with Gasteiger partial charge in [-0.05, 0) is 37.1 Å². The van der Waals surface area contributed by atoms with Crippen LogP contribution in [0.3, 0.4) is 0 Å². The van der Waals surface area contributed by atoms with Crippen molar-refractivity contribution in [3.05, 3.63) is 41.7 Å². The summed E-state index contributed by atoms with van der Waals surface area (Å²) in [6, 6.07) is 6.35. The number of hydrogen-bond acceptors (Lipinski definition) is 0. The van der Waals surface area contributed by atoms with Gasteiger partial charge >= 0.3 is 0 Å². The highest BCUT2D eigenvalue weighted by Crippen LogP contribution is 2.14. The van der Waals surface area contributed by atoms with Crippen molar-refractivity contribution in [2.24, 2.45) is 0 Å². The van der Waals surface area contributed by atoms with Crippen molar-refractivity contribution in [1.82, 2.24) is 4.40 Å². The second kappa shape index (κ2) is 2.12. The van der Waals surface area contributed by atoms with E-state index in [1.165, 1.54) is 16.6 Å². The molecule has 0 aliphatic carbocycles. The van der Waals surface area contributed by atoms with Crippen molar-refractivity contribution in [2.45, 2.75) is 13.8 Å². The number of fused-ring (bicyclic) bond motifs is 1. The van der Waals surface area contributed by atoms with Gasteiger partial charge in [0.05, 0.1) is 5.52 Å². The predicted molar refractivity (Wildman–Crippen MR) is 46.9 cm³/mol. The molecule has 2 aromatic rings. The Bertz CT molecular complexity index is 385. The fourth-order valence-electron chi connectivity index (χ4n) is 1.55. The molecule has 56 valence electrons. The molecule has 0 aliphatic rings. The van der Waals surface area contributed by atoms with Crippen LogP contribution in [0.5, 0.6) is 0 Å². The molecule has 1 nitrogen and oxygen atoms in total. The van der Waals surface area contributed by atoms with Crippen LogP contribution in [-0.4, -0.2) is 4.40 Å². The highest BCUT2D eigenvalue weighted by atomic mass is 14.9. The Morgan fingerprint density at radius 2 is 1.73 bits per heavy atom. The maximum absolute atomic E-state index is 2.16. The van der Waals surface area contributed by atoms with Gasteiger partial charge in [0.25, 0.3) is 0 Å². The summed E-state index contributed by atoms with van der Waals surface area (Å²) in [5.41, 5.74) is 4.03. The van der Waals surface area contributed by atoms with E-state index in [2.05, 4.69) is 48.8 Å². The molecule has 0 amide bonds. The Kier molecular flexibility index (Phi) is 1.25. The fourth-order valence-corrected chi connectivity index (χ4v) is 1.55. The van der Waals surface area contributed by atoms with E-state index in [-0.39, 0.29) is 0 Å². The smallest absolute Gasteiger partial charge is 0.0508 e. The zero-order valence-corrected chi connectivity index (χ0v) is 6.83. The van der Waals surface area contributed by atoms with Crippen LogP contribution < -0.4 is 0 Å². The van der Waals surface area contributed by atoms with E-state index in [0.717, 1.165) is 0 Å². The maximum atomic E-state index is 2.16. The minimum Gasteiger partial charge on any atom is -0.323 e. The Labute approximate surface area is 66.3 Å². The molecule has 0 saturated heterocycles. The summed E-state index contributed by atoms with van der Waals surface area (Å²) in [6.07, 6.45) is 4.17. The lowest BCUT2D eigenvalue weighted by atomic mass is 10.2. The molecule has 0 aliphatic heterocycles. The van der Waals surface area contributed by atoms with Gasteiger partial charge in [-0.3, -0.25) is 0 Å². The van der Waals surface area contributed by atoms with E-state index in [4.69, 9.17) is 0 Å². The Balaban J connectivity index is 2.96. The molecule has 0 bridgehead atoms. The summed E-state index contributed by atoms with van der Waals surface area (Å²) in [7, 11) is 0. The van der Waals surface area contributed by atoms with Crippen LogP contribution in [0.1, 0.15) is 11.1 Å². The summed E-state index contributed by atoms with van der Waals surface area (Å²) in [4.78, 5) is 0. The molecule has 0 unspecified atom stereocenters. The molecule has 0 spiro atoms. The van der Waals surface area contributed by atoms with Crippen molar-refractivity contribution in [2.75, 3.05) is 0 Å². The number of rotatable bonds is 0. The van der Waals surface area contributed by atoms with Crippen LogP contribution in [0, 0.1) is 13.8 Å². The van der Waals surface area contributed by atoms with Gasteiger partial charge in [0.2, 0.25) is 0 Å². The van der Waals surface area contributed by atoms with Crippen LogP contribution in [0.25, 0.3) is 5.52 Å². The van der Waals surface area contributed by atoms with Crippen molar-refractivity contribution < 1.29 is 0 Å². The van der Waals surface area contributed by atoms with Crippen LogP contribution in [0.4, 0.5) is 0 Å². The van der Waals surface area contributed by atoms with E-state index in [1.54, 1.807) is 0 Å². The first-order chi connectivity index (χ1) is 5.29. The highest BCUT2D eigenvalue weighted by Gasteiger charge is 1.98. The van der Waals surface area contributed by atoms with E-state index in [9.17, 15) is 0 Å². The van der Waals surface area contributed by atoms with E-state index in [1.807, 2.05) is 0 Å². The molecular weight excluding hydrogens is 134 g/mol. The summed E-state index contributed by atoms with van der Waals surface area (Å²) in [6.45, 7) is 4.28. The molecule has 2 rings (SSSR count). The molecular formula is C10H11N. The Morgan fingerprint density at radius 1 is 1.00 bits per heavy atom. The minimum atomic E-state index is 1.34. The molecule has 0 saturated carbocycles. The third-order valence-corrected chi connectivity index (χ3v) is 2.08. The first kappa shape index (κ1) is 6.47. The number of nitrogens with zero attached hydrogens (tertiary/aromatic N) is 1. The van der Waals surface area contributed by atoms with Gasteiger partial charge in [-0.15, -0.1) is 0 Å². The molecule has 0 atom stereocenters. The van der Waals surface area contributed by atoms with Crippen molar-refractivity contribution in [1.29, 1.82) is 0 Å². The molecule has 0 fully saturated rings. The van der Waals surface area contributed by atoms with Gasteiger partial charge < -0.3 is 4.40 Å². The van der Waals surface area contributed by atoms with Crippen molar-refractivity contribution >= 4 is 5.52 Å². The number of hydrogen-bond donors (Lipinski definition) is 0. The van der Waals surface area contributed by atoms with Gasteiger partial charge in [-0.1, -0.05) is 6.07 Å². The van der Waals surface area contributed by atoms with Crippen LogP contribution in [0.2, 0.25) is 0 Å². The minimum absolute atomic E-state index is 1.34. The van der Waals surface area contributed by atoms with Crippen LogP contribution in [-0.2, 0) is 0 Å². The summed E-state index contributed by atoms with van der Waals surface area (Å²) < 4.78 is 2.16. The normalized spacial score (nSPS) is 10.7. The molecule has 11 heavy (non-hydrogen) atoms. The SMILES string of the molecule is Cc1cccn2ccc(C)c12. The predicted octanol–water partition coefficient (Wildman–Crippen LogP) is 2.56. The maximum Gasteiger partial charge on any atom is 0.0508 e. The van der Waals surface area contributed by atoms with Crippen LogP contribution in [0.15, 0.2) is 30.6 Å². The number of pyridine rings is 1. The first-order valence-electron chi connectivity index (χ1n) is 3.82. The number of aromatic nitrogens is 1. The van der Waals surface area contributed by atoms with E-state index in [0.29, 0.717) is 0 Å². The third-order valence-electron chi connectivity index (χ3n) is 2.08. The van der Waals surface area contributed by atoms with Crippen molar-refractivity contribution in [3.8, 4) is 0 Å². The molecule has 0 radical (unpaired) electrons. The monoisotopic (exact) mass is 145 g/mol. The van der Waals surface area contributed by atoms with Gasteiger partial charge in [0.1, 0.15) is 0 Å². The second-order valence-corrected chi connectivity index (χ2v) is 2.95. The lowest BCUT2D eigenvalue weighted by Gasteiger charge is -1.98. The number of aryl methyl sites for hydroxylation is 2. The summed E-state index contributed by atoms with van der Waals surface area (Å²) in [5.74, 6) is 0. The Morgan fingerprint density at radius 3 is 2.45 bits per heavy atom. The highest BCUT2D eigenvalue weighted by molar-refractivity contribution is 5.60. The van der Waals surface area contributed by atoms with Gasteiger partial charge in [0, 0.05) is 12.4 Å². The van der Waals surface area contributed by atoms with E-state index < -0.39 is 0 Å². The van der Waals surface area contributed by atoms with Crippen molar-refractivity contribution in [3.63, 3.8) is 0 Å². The fraction of sp³-hybridized carbons (Fsp3) is 0.200.